The predicted molar refractivity (Wildman–Crippen MR) is 109 cm³/mol. The van der Waals surface area contributed by atoms with Gasteiger partial charge in [0.25, 0.3) is 5.91 Å². The Morgan fingerprint density at radius 1 is 1.10 bits per heavy atom. The number of aliphatic carboxylic acids is 1. The fourth-order valence-electron chi connectivity index (χ4n) is 3.33. The van der Waals surface area contributed by atoms with E-state index in [9.17, 15) is 19.5 Å². The molecule has 0 spiro atoms. The first kappa shape index (κ1) is 20.1. The van der Waals surface area contributed by atoms with E-state index in [2.05, 4.69) is 5.32 Å². The third-order valence-electron chi connectivity index (χ3n) is 4.75. The summed E-state index contributed by atoms with van der Waals surface area (Å²) in [5, 5.41) is 22.0. The molecule has 1 amide bonds. The molecule has 0 saturated heterocycles. The standard InChI is InChI=1S/C22H22N2O5/c1-12(2)16-10-14(5-7-18(16)25)22(29)24-9-8-15-17(6-4-13(3)21(15)24)23-19(26)11-20(27)28/h4-10,12,25H,11H2,1-3H3,(H,23,26)(H,27,28). The number of phenols is 1. The molecule has 150 valence electrons. The van der Waals surface area contributed by atoms with Gasteiger partial charge < -0.3 is 15.5 Å². The second-order valence-electron chi connectivity index (χ2n) is 7.23. The van der Waals surface area contributed by atoms with Gasteiger partial charge in [-0.2, -0.15) is 0 Å². The predicted octanol–water partition coefficient (Wildman–Crippen LogP) is 3.88. The molecule has 1 aromatic heterocycles. The van der Waals surface area contributed by atoms with Crippen LogP contribution in [0.5, 0.6) is 5.75 Å². The number of carboxylic acids is 1. The quantitative estimate of drug-likeness (QED) is 0.569. The molecule has 7 heteroatoms. The van der Waals surface area contributed by atoms with Crippen molar-refractivity contribution >= 4 is 34.4 Å². The van der Waals surface area contributed by atoms with Crippen LogP contribution in [0.4, 0.5) is 5.69 Å². The summed E-state index contributed by atoms with van der Waals surface area (Å²) in [6.07, 6.45) is 0.981. The molecule has 0 aliphatic rings. The molecule has 1 heterocycles. The molecule has 7 nitrogen and oxygen atoms in total. The van der Waals surface area contributed by atoms with Gasteiger partial charge in [0.15, 0.2) is 0 Å². The molecule has 0 unspecified atom stereocenters. The van der Waals surface area contributed by atoms with Gasteiger partial charge in [0.2, 0.25) is 5.91 Å². The van der Waals surface area contributed by atoms with Crippen LogP contribution in [0.3, 0.4) is 0 Å². The molecule has 3 N–H and O–H groups in total. The summed E-state index contributed by atoms with van der Waals surface area (Å²) in [6, 6.07) is 9.92. The van der Waals surface area contributed by atoms with Gasteiger partial charge in [-0.3, -0.25) is 19.0 Å². The number of phenolic OH excluding ortho intramolecular Hbond substituents is 1. The third-order valence-corrected chi connectivity index (χ3v) is 4.75. The minimum atomic E-state index is -1.22. The summed E-state index contributed by atoms with van der Waals surface area (Å²) in [5.41, 5.74) is 3.02. The van der Waals surface area contributed by atoms with E-state index in [1.165, 1.54) is 10.6 Å². The highest BCUT2D eigenvalue weighted by Crippen LogP contribution is 2.30. The van der Waals surface area contributed by atoms with Crippen molar-refractivity contribution in [3.8, 4) is 5.75 Å². The van der Waals surface area contributed by atoms with Crippen molar-refractivity contribution in [1.29, 1.82) is 0 Å². The highest BCUT2D eigenvalue weighted by atomic mass is 16.4. The van der Waals surface area contributed by atoms with Crippen LogP contribution in [-0.2, 0) is 9.59 Å². The number of nitrogens with zero attached hydrogens (tertiary/aromatic N) is 1. The van der Waals surface area contributed by atoms with E-state index >= 15 is 0 Å². The summed E-state index contributed by atoms with van der Waals surface area (Å²) in [6.45, 7) is 5.72. The highest BCUT2D eigenvalue weighted by molar-refractivity contribution is 6.10. The number of benzene rings is 2. The molecule has 0 atom stereocenters. The Kier molecular flexibility index (Phi) is 5.41. The maximum atomic E-state index is 13.2. The number of hydrogen-bond acceptors (Lipinski definition) is 4. The Balaban J connectivity index is 2.04. The molecule has 0 bridgehead atoms. The number of nitrogens with one attached hydrogen (secondary N) is 1. The number of rotatable bonds is 5. The Labute approximate surface area is 167 Å². The van der Waals surface area contributed by atoms with E-state index in [1.54, 1.807) is 36.5 Å². The number of fused-ring (bicyclic) bond motifs is 1. The Hall–Kier alpha value is -3.61. The Bertz CT molecular complexity index is 1130. The Morgan fingerprint density at radius 2 is 1.83 bits per heavy atom. The van der Waals surface area contributed by atoms with Crippen molar-refractivity contribution in [3.05, 3.63) is 59.3 Å². The molecule has 0 aliphatic carbocycles. The lowest BCUT2D eigenvalue weighted by molar-refractivity contribution is -0.139. The summed E-state index contributed by atoms with van der Waals surface area (Å²) in [7, 11) is 0. The largest absolute Gasteiger partial charge is 0.508 e. The molecule has 0 fully saturated rings. The number of carboxylic acid groups (broad SMARTS) is 1. The average molecular weight is 394 g/mol. The van der Waals surface area contributed by atoms with Gasteiger partial charge in [0, 0.05) is 17.1 Å². The third kappa shape index (κ3) is 3.99. The first-order valence-electron chi connectivity index (χ1n) is 9.19. The fourth-order valence-corrected chi connectivity index (χ4v) is 3.33. The molecular weight excluding hydrogens is 372 g/mol. The summed E-state index contributed by atoms with van der Waals surface area (Å²) >= 11 is 0. The number of hydrogen-bond donors (Lipinski definition) is 3. The number of anilines is 1. The number of aromatic hydroxyl groups is 1. The second kappa shape index (κ2) is 7.79. The zero-order valence-electron chi connectivity index (χ0n) is 16.4. The second-order valence-corrected chi connectivity index (χ2v) is 7.23. The zero-order valence-corrected chi connectivity index (χ0v) is 16.4. The minimum Gasteiger partial charge on any atom is -0.508 e. The lowest BCUT2D eigenvalue weighted by Crippen LogP contribution is -2.16. The van der Waals surface area contributed by atoms with Gasteiger partial charge >= 0.3 is 5.97 Å². The fraction of sp³-hybridized carbons (Fsp3) is 0.227. The van der Waals surface area contributed by atoms with Gasteiger partial charge in [-0.15, -0.1) is 0 Å². The van der Waals surface area contributed by atoms with Crippen LogP contribution < -0.4 is 5.32 Å². The van der Waals surface area contributed by atoms with Crippen LogP contribution in [0.15, 0.2) is 42.6 Å². The number of carbonyl (C=O) groups excluding carboxylic acids is 2. The molecule has 0 aliphatic heterocycles. The van der Waals surface area contributed by atoms with E-state index in [0.717, 1.165) is 5.56 Å². The van der Waals surface area contributed by atoms with Crippen LogP contribution in [0, 0.1) is 6.92 Å². The van der Waals surface area contributed by atoms with Crippen molar-refractivity contribution in [2.45, 2.75) is 33.1 Å². The van der Waals surface area contributed by atoms with Crippen LogP contribution in [-0.4, -0.2) is 32.6 Å². The highest BCUT2D eigenvalue weighted by Gasteiger charge is 2.18. The first-order valence-corrected chi connectivity index (χ1v) is 9.19. The Morgan fingerprint density at radius 3 is 2.48 bits per heavy atom. The van der Waals surface area contributed by atoms with E-state index in [4.69, 9.17) is 5.11 Å². The van der Waals surface area contributed by atoms with Crippen LogP contribution in [0.1, 0.15) is 47.7 Å². The normalized spacial score (nSPS) is 11.0. The van der Waals surface area contributed by atoms with Crippen LogP contribution in [0.25, 0.3) is 10.9 Å². The summed E-state index contributed by atoms with van der Waals surface area (Å²) in [5.74, 6) is -1.91. The molecule has 3 rings (SSSR count). The average Bonchev–Trinajstić information content (AvgIpc) is 3.09. The van der Waals surface area contributed by atoms with Gasteiger partial charge in [0.05, 0.1) is 11.2 Å². The maximum Gasteiger partial charge on any atom is 0.312 e. The number of carbonyl (C=O) groups is 3. The van der Waals surface area contributed by atoms with E-state index in [-0.39, 0.29) is 17.6 Å². The van der Waals surface area contributed by atoms with Crippen molar-refractivity contribution < 1.29 is 24.6 Å². The van der Waals surface area contributed by atoms with Gasteiger partial charge in [-0.25, -0.2) is 0 Å². The smallest absolute Gasteiger partial charge is 0.312 e. The lowest BCUT2D eigenvalue weighted by atomic mass is 9.99. The lowest BCUT2D eigenvalue weighted by Gasteiger charge is -2.12. The summed E-state index contributed by atoms with van der Waals surface area (Å²) < 4.78 is 1.49. The van der Waals surface area contributed by atoms with Crippen LogP contribution in [0.2, 0.25) is 0 Å². The number of aromatic nitrogens is 1. The van der Waals surface area contributed by atoms with Crippen molar-refractivity contribution in [3.63, 3.8) is 0 Å². The molecule has 0 radical (unpaired) electrons. The molecule has 29 heavy (non-hydrogen) atoms. The van der Waals surface area contributed by atoms with Crippen LogP contribution >= 0.6 is 0 Å². The topological polar surface area (TPSA) is 109 Å². The van der Waals surface area contributed by atoms with Gasteiger partial charge in [-0.05, 0) is 54.3 Å². The number of amides is 1. The first-order chi connectivity index (χ1) is 13.7. The SMILES string of the molecule is Cc1ccc(NC(=O)CC(=O)O)c2ccn(C(=O)c3ccc(O)c(C(C)C)c3)c12. The van der Waals surface area contributed by atoms with E-state index in [0.29, 0.717) is 27.7 Å². The minimum absolute atomic E-state index is 0.0574. The van der Waals surface area contributed by atoms with Gasteiger partial charge in [0.1, 0.15) is 12.2 Å². The molecule has 2 aromatic carbocycles. The molecule has 3 aromatic rings. The van der Waals surface area contributed by atoms with Crippen molar-refractivity contribution in [2.75, 3.05) is 5.32 Å². The van der Waals surface area contributed by atoms with Crippen molar-refractivity contribution in [2.24, 2.45) is 0 Å². The molecule has 0 saturated carbocycles. The van der Waals surface area contributed by atoms with Crippen molar-refractivity contribution in [1.82, 2.24) is 4.57 Å². The monoisotopic (exact) mass is 394 g/mol. The maximum absolute atomic E-state index is 13.2. The van der Waals surface area contributed by atoms with E-state index in [1.807, 2.05) is 20.8 Å². The summed E-state index contributed by atoms with van der Waals surface area (Å²) in [4.78, 5) is 35.8. The molecular formula is C22H22N2O5. The number of aryl methyl sites for hydroxylation is 1. The zero-order chi connectivity index (χ0) is 21.3. The van der Waals surface area contributed by atoms with E-state index < -0.39 is 18.3 Å². The van der Waals surface area contributed by atoms with Gasteiger partial charge in [-0.1, -0.05) is 19.9 Å².